The first-order valence-electron chi connectivity index (χ1n) is 12.0. The summed E-state index contributed by atoms with van der Waals surface area (Å²) in [6.07, 6.45) is 0. The monoisotopic (exact) mass is 472 g/mol. The fraction of sp³-hybridized carbons (Fsp3) is 0.345. The minimum absolute atomic E-state index is 0.0102. The number of rotatable bonds is 8. The van der Waals surface area contributed by atoms with Crippen molar-refractivity contribution in [1.29, 1.82) is 0 Å². The van der Waals surface area contributed by atoms with Gasteiger partial charge in [-0.05, 0) is 34.8 Å². The van der Waals surface area contributed by atoms with Crippen molar-refractivity contribution >= 4 is 14.2 Å². The summed E-state index contributed by atoms with van der Waals surface area (Å²) >= 11 is 0. The molecular formula is C29H36N2O2Si. The Morgan fingerprint density at radius 1 is 0.794 bits per heavy atom. The van der Waals surface area contributed by atoms with E-state index >= 15 is 0 Å². The predicted octanol–water partition coefficient (Wildman–Crippen LogP) is 5.46. The third-order valence-electron chi connectivity index (χ3n) is 7.43. The molecule has 5 heteroatoms. The Labute approximate surface area is 204 Å². The van der Waals surface area contributed by atoms with E-state index in [1.54, 1.807) is 0 Å². The first kappa shape index (κ1) is 24.4. The third kappa shape index (κ3) is 4.60. The number of benzene rings is 3. The van der Waals surface area contributed by atoms with Crippen LogP contribution in [0.2, 0.25) is 18.1 Å². The lowest BCUT2D eigenvalue weighted by Gasteiger charge is -2.47. The largest absolute Gasteiger partial charge is 0.415 e. The summed E-state index contributed by atoms with van der Waals surface area (Å²) in [5.41, 5.74) is 2.60. The Morgan fingerprint density at radius 2 is 1.21 bits per heavy atom. The van der Waals surface area contributed by atoms with Crippen molar-refractivity contribution in [2.75, 3.05) is 6.61 Å². The number of carbonyl (C=O) groups is 1. The topological polar surface area (TPSA) is 50.4 Å². The van der Waals surface area contributed by atoms with Gasteiger partial charge in [0, 0.05) is 0 Å². The highest BCUT2D eigenvalue weighted by Gasteiger charge is 2.48. The number of β-lactam (4-membered cyclic amide) rings is 1. The maximum Gasteiger partial charge on any atom is 0.239 e. The van der Waals surface area contributed by atoms with Crippen LogP contribution in [-0.4, -0.2) is 32.9 Å². The van der Waals surface area contributed by atoms with Crippen LogP contribution < -0.4 is 10.6 Å². The summed E-state index contributed by atoms with van der Waals surface area (Å²) in [6, 6.07) is 30.7. The summed E-state index contributed by atoms with van der Waals surface area (Å²) in [7, 11) is -1.93. The normalized spacial score (nSPS) is 18.8. The van der Waals surface area contributed by atoms with Crippen molar-refractivity contribution in [3.63, 3.8) is 0 Å². The first-order chi connectivity index (χ1) is 16.1. The number of nitrogens with one attached hydrogen (secondary N) is 2. The Morgan fingerprint density at radius 3 is 1.56 bits per heavy atom. The van der Waals surface area contributed by atoms with Gasteiger partial charge in [0.25, 0.3) is 0 Å². The molecule has 4 rings (SSSR count). The highest BCUT2D eigenvalue weighted by Crippen LogP contribution is 2.39. The molecule has 1 fully saturated rings. The SMILES string of the molecule is CC(C)(C)[Si](C)(C)OCC1NC(=O)C1NC(c1ccccc1)(c1ccccc1)c1ccccc1. The molecule has 0 aliphatic carbocycles. The van der Waals surface area contributed by atoms with Crippen molar-refractivity contribution in [3.8, 4) is 0 Å². The summed E-state index contributed by atoms with van der Waals surface area (Å²) in [5.74, 6) is 0.0102. The lowest BCUT2D eigenvalue weighted by Crippen LogP contribution is -2.73. The average molecular weight is 473 g/mol. The van der Waals surface area contributed by atoms with Gasteiger partial charge in [-0.25, -0.2) is 0 Å². The maximum atomic E-state index is 12.9. The molecule has 34 heavy (non-hydrogen) atoms. The third-order valence-corrected chi connectivity index (χ3v) is 11.9. The molecule has 3 aromatic carbocycles. The van der Waals surface area contributed by atoms with Crippen LogP contribution in [0.5, 0.6) is 0 Å². The summed E-state index contributed by atoms with van der Waals surface area (Å²) in [4.78, 5) is 12.9. The standard InChI is InChI=1S/C29H36N2O2Si/c1-28(2,3)34(4,5)33-21-25-26(27(32)30-25)31-29(22-15-9-6-10-16-22,23-17-11-7-12-18-23)24-19-13-8-14-20-24/h6-20,25-26,31H,21H2,1-5H3,(H,30,32). The minimum atomic E-state index is -1.93. The molecule has 1 heterocycles. The number of hydrogen-bond acceptors (Lipinski definition) is 3. The summed E-state index contributed by atoms with van der Waals surface area (Å²) in [6.45, 7) is 11.7. The molecule has 178 valence electrons. The molecule has 2 atom stereocenters. The van der Waals surface area contributed by atoms with Crippen LogP contribution in [0, 0.1) is 0 Å². The van der Waals surface area contributed by atoms with Gasteiger partial charge in [-0.2, -0.15) is 0 Å². The molecule has 1 aliphatic heterocycles. The van der Waals surface area contributed by atoms with Gasteiger partial charge in [0.1, 0.15) is 6.04 Å². The van der Waals surface area contributed by atoms with Crippen LogP contribution in [0.25, 0.3) is 0 Å². The molecule has 1 amide bonds. The molecule has 0 saturated carbocycles. The van der Waals surface area contributed by atoms with Crippen LogP contribution in [0.1, 0.15) is 37.5 Å². The molecule has 1 aliphatic rings. The smallest absolute Gasteiger partial charge is 0.239 e. The number of carbonyl (C=O) groups excluding carboxylic acids is 1. The predicted molar refractivity (Wildman–Crippen MR) is 141 cm³/mol. The van der Waals surface area contributed by atoms with E-state index in [0.717, 1.165) is 16.7 Å². The molecule has 0 aromatic heterocycles. The van der Waals surface area contributed by atoms with Gasteiger partial charge in [0.15, 0.2) is 8.32 Å². The molecule has 0 radical (unpaired) electrons. The van der Waals surface area contributed by atoms with E-state index in [2.05, 4.69) is 117 Å². The first-order valence-corrected chi connectivity index (χ1v) is 14.9. The van der Waals surface area contributed by atoms with Crippen LogP contribution in [0.15, 0.2) is 91.0 Å². The van der Waals surface area contributed by atoms with Gasteiger partial charge in [-0.1, -0.05) is 112 Å². The Hall–Kier alpha value is -2.73. The highest BCUT2D eigenvalue weighted by atomic mass is 28.4. The zero-order valence-corrected chi connectivity index (χ0v) is 21.8. The second kappa shape index (κ2) is 9.49. The fourth-order valence-electron chi connectivity index (χ4n) is 4.31. The molecule has 2 unspecified atom stereocenters. The Kier molecular flexibility index (Phi) is 6.81. The second-order valence-electron chi connectivity index (χ2n) is 10.7. The number of amides is 1. The zero-order chi connectivity index (χ0) is 24.4. The minimum Gasteiger partial charge on any atom is -0.415 e. The van der Waals surface area contributed by atoms with Crippen LogP contribution in [0.3, 0.4) is 0 Å². The molecule has 0 bridgehead atoms. The quantitative estimate of drug-likeness (QED) is 0.260. The van der Waals surface area contributed by atoms with E-state index < -0.39 is 13.9 Å². The zero-order valence-electron chi connectivity index (χ0n) is 20.8. The van der Waals surface area contributed by atoms with Crippen molar-refractivity contribution < 1.29 is 9.22 Å². The van der Waals surface area contributed by atoms with E-state index in [1.807, 2.05) is 18.2 Å². The Bertz CT molecular complexity index is 999. The highest BCUT2D eigenvalue weighted by molar-refractivity contribution is 6.74. The fourth-order valence-corrected chi connectivity index (χ4v) is 5.34. The summed E-state index contributed by atoms with van der Waals surface area (Å²) in [5, 5.41) is 7.02. The number of hydrogen-bond donors (Lipinski definition) is 2. The molecule has 0 spiro atoms. The average Bonchev–Trinajstić information content (AvgIpc) is 2.83. The van der Waals surface area contributed by atoms with Crippen molar-refractivity contribution in [2.24, 2.45) is 0 Å². The Balaban J connectivity index is 1.74. The van der Waals surface area contributed by atoms with Gasteiger partial charge in [0.2, 0.25) is 5.91 Å². The summed E-state index contributed by atoms with van der Waals surface area (Å²) < 4.78 is 6.49. The van der Waals surface area contributed by atoms with Gasteiger partial charge in [0.05, 0.1) is 18.2 Å². The van der Waals surface area contributed by atoms with Crippen molar-refractivity contribution in [1.82, 2.24) is 10.6 Å². The maximum absolute atomic E-state index is 12.9. The van der Waals surface area contributed by atoms with Gasteiger partial charge in [-0.15, -0.1) is 0 Å². The van der Waals surface area contributed by atoms with Crippen molar-refractivity contribution in [2.45, 2.75) is 56.5 Å². The molecule has 3 aromatic rings. The second-order valence-corrected chi connectivity index (χ2v) is 15.5. The lowest BCUT2D eigenvalue weighted by molar-refractivity contribution is -0.133. The van der Waals surface area contributed by atoms with Crippen LogP contribution in [0.4, 0.5) is 0 Å². The van der Waals surface area contributed by atoms with E-state index in [4.69, 9.17) is 4.43 Å². The van der Waals surface area contributed by atoms with E-state index in [0.29, 0.717) is 6.61 Å². The van der Waals surface area contributed by atoms with Gasteiger partial charge in [-0.3, -0.25) is 10.1 Å². The molecule has 1 saturated heterocycles. The van der Waals surface area contributed by atoms with E-state index in [9.17, 15) is 4.79 Å². The van der Waals surface area contributed by atoms with Crippen molar-refractivity contribution in [3.05, 3.63) is 108 Å². The molecule has 2 N–H and O–H groups in total. The van der Waals surface area contributed by atoms with E-state index in [1.165, 1.54) is 0 Å². The lowest BCUT2D eigenvalue weighted by atomic mass is 9.75. The molecule has 4 nitrogen and oxygen atoms in total. The van der Waals surface area contributed by atoms with Crippen LogP contribution in [-0.2, 0) is 14.8 Å². The van der Waals surface area contributed by atoms with E-state index in [-0.39, 0.29) is 23.0 Å². The molecular weight excluding hydrogens is 436 g/mol. The van der Waals surface area contributed by atoms with Gasteiger partial charge >= 0.3 is 0 Å². The van der Waals surface area contributed by atoms with Gasteiger partial charge < -0.3 is 9.74 Å². The van der Waals surface area contributed by atoms with Crippen LogP contribution >= 0.6 is 0 Å².